The Balaban J connectivity index is 2.65. The molecule has 1 N–H and O–H groups in total. The average Bonchev–Trinajstić information content (AvgIpc) is 2.25. The molecule has 2 unspecified atom stereocenters. The maximum absolute atomic E-state index is 11.3. The Bertz CT molecular complexity index is 242. The zero-order valence-corrected chi connectivity index (χ0v) is 10.8. The van der Waals surface area contributed by atoms with Crippen LogP contribution in [0.4, 0.5) is 0 Å². The monoisotopic (exact) mass is 227 g/mol. The van der Waals surface area contributed by atoms with E-state index < -0.39 is 11.4 Å². The molecule has 1 saturated heterocycles. The molecule has 16 heavy (non-hydrogen) atoms. The lowest BCUT2D eigenvalue weighted by molar-refractivity contribution is -0.151. The van der Waals surface area contributed by atoms with Gasteiger partial charge in [-0.2, -0.15) is 0 Å². The summed E-state index contributed by atoms with van der Waals surface area (Å²) >= 11 is 0. The van der Waals surface area contributed by atoms with Crippen molar-refractivity contribution in [1.82, 2.24) is 4.90 Å². The molecule has 0 aromatic rings. The van der Waals surface area contributed by atoms with Crippen molar-refractivity contribution in [2.75, 3.05) is 13.1 Å². The second kappa shape index (κ2) is 5.67. The summed E-state index contributed by atoms with van der Waals surface area (Å²) < 4.78 is 0. The number of carbonyl (C=O) groups is 1. The normalized spacial score (nSPS) is 28.9. The molecule has 94 valence electrons. The molecule has 0 aliphatic carbocycles. The van der Waals surface area contributed by atoms with Crippen LogP contribution in [0.25, 0.3) is 0 Å². The molecule has 2 atom stereocenters. The van der Waals surface area contributed by atoms with Crippen molar-refractivity contribution < 1.29 is 9.90 Å². The summed E-state index contributed by atoms with van der Waals surface area (Å²) in [6.07, 6.45) is 5.33. The summed E-state index contributed by atoms with van der Waals surface area (Å²) in [6, 6.07) is 0.573. The van der Waals surface area contributed by atoms with Crippen LogP contribution in [-0.2, 0) is 4.79 Å². The molecule has 1 heterocycles. The molecule has 1 rings (SSSR count). The largest absolute Gasteiger partial charge is 0.481 e. The van der Waals surface area contributed by atoms with E-state index in [4.69, 9.17) is 0 Å². The molecule has 1 aliphatic heterocycles. The summed E-state index contributed by atoms with van der Waals surface area (Å²) in [4.78, 5) is 13.7. The second-order valence-corrected chi connectivity index (χ2v) is 5.29. The number of nitrogens with zero attached hydrogens (tertiary/aromatic N) is 1. The molecule has 1 aliphatic rings. The molecule has 3 heteroatoms. The predicted molar refractivity (Wildman–Crippen MR) is 65.5 cm³/mol. The predicted octanol–water partition coefficient (Wildman–Crippen LogP) is 2.75. The summed E-state index contributed by atoms with van der Waals surface area (Å²) in [6.45, 7) is 8.08. The van der Waals surface area contributed by atoms with Gasteiger partial charge in [-0.3, -0.25) is 9.69 Å². The van der Waals surface area contributed by atoms with Gasteiger partial charge in [0.05, 0.1) is 5.41 Å². The average molecular weight is 227 g/mol. The van der Waals surface area contributed by atoms with E-state index in [1.807, 2.05) is 6.92 Å². The van der Waals surface area contributed by atoms with E-state index in [-0.39, 0.29) is 0 Å². The number of rotatable bonds is 5. The number of hydrogen-bond donors (Lipinski definition) is 1. The fourth-order valence-electron chi connectivity index (χ4n) is 2.74. The van der Waals surface area contributed by atoms with Crippen LogP contribution >= 0.6 is 0 Å². The van der Waals surface area contributed by atoms with E-state index in [1.54, 1.807) is 0 Å². The van der Waals surface area contributed by atoms with Crippen LogP contribution in [0.1, 0.15) is 52.9 Å². The topological polar surface area (TPSA) is 40.5 Å². The van der Waals surface area contributed by atoms with Gasteiger partial charge in [0.1, 0.15) is 0 Å². The summed E-state index contributed by atoms with van der Waals surface area (Å²) in [5.74, 6) is -0.636. The maximum Gasteiger partial charge on any atom is 0.310 e. The minimum atomic E-state index is -0.636. The van der Waals surface area contributed by atoms with Gasteiger partial charge in [0, 0.05) is 12.6 Å². The van der Waals surface area contributed by atoms with Crippen molar-refractivity contribution in [3.8, 4) is 0 Å². The van der Waals surface area contributed by atoms with E-state index in [0.29, 0.717) is 6.04 Å². The van der Waals surface area contributed by atoms with Crippen LogP contribution < -0.4 is 0 Å². The lowest BCUT2D eigenvalue weighted by Gasteiger charge is -2.41. The van der Waals surface area contributed by atoms with Gasteiger partial charge in [-0.15, -0.1) is 0 Å². The second-order valence-electron chi connectivity index (χ2n) is 5.29. The van der Waals surface area contributed by atoms with E-state index in [2.05, 4.69) is 18.7 Å². The van der Waals surface area contributed by atoms with Crippen molar-refractivity contribution in [2.24, 2.45) is 5.41 Å². The van der Waals surface area contributed by atoms with Crippen molar-refractivity contribution in [3.05, 3.63) is 0 Å². The molecule has 3 nitrogen and oxygen atoms in total. The number of piperidine rings is 1. The Kier molecular flexibility index (Phi) is 4.78. The number of carboxylic acids is 1. The van der Waals surface area contributed by atoms with Gasteiger partial charge in [-0.25, -0.2) is 0 Å². The Morgan fingerprint density at radius 3 is 2.69 bits per heavy atom. The fourth-order valence-corrected chi connectivity index (χ4v) is 2.74. The van der Waals surface area contributed by atoms with Gasteiger partial charge in [-0.1, -0.05) is 20.3 Å². The first-order valence-electron chi connectivity index (χ1n) is 6.51. The lowest BCUT2D eigenvalue weighted by Crippen LogP contribution is -2.49. The molecular weight excluding hydrogens is 202 g/mol. The summed E-state index contributed by atoms with van der Waals surface area (Å²) in [7, 11) is 0. The molecule has 0 radical (unpaired) electrons. The fraction of sp³-hybridized carbons (Fsp3) is 0.923. The summed E-state index contributed by atoms with van der Waals surface area (Å²) in [5.41, 5.74) is -0.528. The number of carboxylic acid groups (broad SMARTS) is 1. The molecule has 0 amide bonds. The highest BCUT2D eigenvalue weighted by Crippen LogP contribution is 2.31. The van der Waals surface area contributed by atoms with Crippen LogP contribution in [0.5, 0.6) is 0 Å². The first kappa shape index (κ1) is 13.5. The first-order chi connectivity index (χ1) is 7.53. The summed E-state index contributed by atoms with van der Waals surface area (Å²) in [5, 5.41) is 9.27. The highest BCUT2D eigenvalue weighted by atomic mass is 16.4. The molecule has 1 fully saturated rings. The van der Waals surface area contributed by atoms with Crippen LogP contribution in [0.3, 0.4) is 0 Å². The van der Waals surface area contributed by atoms with Crippen molar-refractivity contribution in [3.63, 3.8) is 0 Å². The van der Waals surface area contributed by atoms with Gasteiger partial charge >= 0.3 is 5.97 Å². The van der Waals surface area contributed by atoms with Crippen molar-refractivity contribution >= 4 is 5.97 Å². The third-order valence-electron chi connectivity index (χ3n) is 3.85. The molecule has 0 saturated carbocycles. The smallest absolute Gasteiger partial charge is 0.310 e. The highest BCUT2D eigenvalue weighted by Gasteiger charge is 2.39. The Morgan fingerprint density at radius 1 is 1.50 bits per heavy atom. The van der Waals surface area contributed by atoms with Gasteiger partial charge in [-0.05, 0) is 39.2 Å². The maximum atomic E-state index is 11.3. The third-order valence-corrected chi connectivity index (χ3v) is 3.85. The number of hydrogen-bond acceptors (Lipinski definition) is 2. The van der Waals surface area contributed by atoms with Gasteiger partial charge in [0.15, 0.2) is 0 Å². The minimum Gasteiger partial charge on any atom is -0.481 e. The molecule has 0 spiro atoms. The zero-order chi connectivity index (χ0) is 12.2. The van der Waals surface area contributed by atoms with Crippen molar-refractivity contribution in [2.45, 2.75) is 58.9 Å². The van der Waals surface area contributed by atoms with E-state index in [1.165, 1.54) is 12.8 Å². The Morgan fingerprint density at radius 2 is 2.19 bits per heavy atom. The van der Waals surface area contributed by atoms with Crippen molar-refractivity contribution in [1.29, 1.82) is 0 Å². The van der Waals surface area contributed by atoms with Crippen LogP contribution in [0, 0.1) is 5.41 Å². The standard InChI is InChI=1S/C13H25NO2/c1-4-7-11(5-2)14-9-6-8-13(3,10-14)12(15)16/h11H,4-10H2,1-3H3,(H,15,16). The van der Waals surface area contributed by atoms with E-state index >= 15 is 0 Å². The zero-order valence-electron chi connectivity index (χ0n) is 10.8. The van der Waals surface area contributed by atoms with Crippen LogP contribution in [0.2, 0.25) is 0 Å². The number of aliphatic carboxylic acids is 1. The van der Waals surface area contributed by atoms with Gasteiger partial charge in [0.2, 0.25) is 0 Å². The van der Waals surface area contributed by atoms with Crippen LogP contribution in [0.15, 0.2) is 0 Å². The molecule has 0 aromatic heterocycles. The highest BCUT2D eigenvalue weighted by molar-refractivity contribution is 5.74. The Hall–Kier alpha value is -0.570. The SMILES string of the molecule is CCCC(CC)N1CCCC(C)(C(=O)O)C1. The first-order valence-corrected chi connectivity index (χ1v) is 6.51. The number of likely N-dealkylation sites (tertiary alicyclic amines) is 1. The Labute approximate surface area is 98.8 Å². The van der Waals surface area contributed by atoms with Gasteiger partial charge < -0.3 is 5.11 Å². The van der Waals surface area contributed by atoms with E-state index in [9.17, 15) is 9.90 Å². The lowest BCUT2D eigenvalue weighted by atomic mass is 9.81. The van der Waals surface area contributed by atoms with Crippen LogP contribution in [-0.4, -0.2) is 35.1 Å². The molecule has 0 bridgehead atoms. The van der Waals surface area contributed by atoms with Gasteiger partial charge in [0.25, 0.3) is 0 Å². The third kappa shape index (κ3) is 2.97. The quantitative estimate of drug-likeness (QED) is 0.785. The molecule has 0 aromatic carbocycles. The molecular formula is C13H25NO2. The minimum absolute atomic E-state index is 0.528. The van der Waals surface area contributed by atoms with E-state index in [0.717, 1.165) is 32.4 Å².